The number of nitrogens with one attached hydrogen (secondary N) is 1. The van der Waals surface area contributed by atoms with Crippen LogP contribution in [0.1, 0.15) is 24.1 Å². The maximum absolute atomic E-state index is 13.1. The van der Waals surface area contributed by atoms with Crippen molar-refractivity contribution in [3.63, 3.8) is 0 Å². The first-order chi connectivity index (χ1) is 9.79. The maximum atomic E-state index is 13.1. The molecule has 0 radical (unpaired) electrons. The summed E-state index contributed by atoms with van der Waals surface area (Å²) in [7, 11) is 0. The Kier molecular flexibility index (Phi) is 4.99. The van der Waals surface area contributed by atoms with Gasteiger partial charge in [-0.05, 0) is 36.8 Å². The first-order valence-corrected chi connectivity index (χ1v) is 7.75. The van der Waals surface area contributed by atoms with Crippen LogP contribution < -0.4 is 5.32 Å². The van der Waals surface area contributed by atoms with Crippen LogP contribution in [-0.2, 0) is 6.18 Å². The summed E-state index contributed by atoms with van der Waals surface area (Å²) in [6.45, 7) is 1.82. The summed E-state index contributed by atoms with van der Waals surface area (Å²) >= 11 is 6.49. The minimum atomic E-state index is -4.40. The number of alkyl halides is 3. The van der Waals surface area contributed by atoms with Crippen molar-refractivity contribution < 1.29 is 13.2 Å². The van der Waals surface area contributed by atoms with E-state index in [2.05, 4.69) is 37.2 Å². The lowest BCUT2D eigenvalue weighted by Gasteiger charge is -2.21. The molecule has 2 aromatic carbocycles. The average molecular weight is 423 g/mol. The van der Waals surface area contributed by atoms with Crippen LogP contribution in [0, 0.1) is 0 Å². The molecule has 0 aromatic heterocycles. The van der Waals surface area contributed by atoms with Gasteiger partial charge in [0, 0.05) is 20.7 Å². The zero-order valence-corrected chi connectivity index (χ0v) is 14.2. The van der Waals surface area contributed by atoms with Crippen LogP contribution in [0.25, 0.3) is 0 Å². The first kappa shape index (κ1) is 16.4. The molecule has 0 aliphatic carbocycles. The van der Waals surface area contributed by atoms with Crippen molar-refractivity contribution in [2.75, 3.05) is 5.32 Å². The van der Waals surface area contributed by atoms with Crippen molar-refractivity contribution in [1.29, 1.82) is 0 Å². The maximum Gasteiger partial charge on any atom is 0.418 e. The van der Waals surface area contributed by atoms with Crippen LogP contribution in [0.5, 0.6) is 0 Å². The highest BCUT2D eigenvalue weighted by Gasteiger charge is 2.34. The molecule has 0 heterocycles. The van der Waals surface area contributed by atoms with Gasteiger partial charge in [-0.3, -0.25) is 0 Å². The van der Waals surface area contributed by atoms with E-state index in [1.807, 2.05) is 31.2 Å². The first-order valence-electron chi connectivity index (χ1n) is 6.16. The molecule has 6 heteroatoms. The van der Waals surface area contributed by atoms with Gasteiger partial charge in [-0.25, -0.2) is 0 Å². The molecule has 0 saturated heterocycles. The highest BCUT2D eigenvalue weighted by molar-refractivity contribution is 9.10. The summed E-state index contributed by atoms with van der Waals surface area (Å²) in [5.41, 5.74) is 0.276. The Balaban J connectivity index is 2.34. The van der Waals surface area contributed by atoms with Gasteiger partial charge in [0.25, 0.3) is 0 Å². The molecule has 0 aliphatic heterocycles. The second-order valence-corrected chi connectivity index (χ2v) is 6.35. The molecule has 0 bridgehead atoms. The van der Waals surface area contributed by atoms with Crippen LogP contribution in [0.15, 0.2) is 51.4 Å². The van der Waals surface area contributed by atoms with Crippen LogP contribution in [0.3, 0.4) is 0 Å². The van der Waals surface area contributed by atoms with Gasteiger partial charge in [-0.15, -0.1) is 0 Å². The molecule has 1 unspecified atom stereocenters. The fourth-order valence-corrected chi connectivity index (χ4v) is 3.00. The van der Waals surface area contributed by atoms with E-state index in [4.69, 9.17) is 0 Å². The predicted molar refractivity (Wildman–Crippen MR) is 85.3 cm³/mol. The molecule has 2 rings (SSSR count). The fraction of sp³-hybridized carbons (Fsp3) is 0.200. The van der Waals surface area contributed by atoms with E-state index in [1.165, 1.54) is 6.07 Å². The van der Waals surface area contributed by atoms with Crippen molar-refractivity contribution in [1.82, 2.24) is 0 Å². The summed E-state index contributed by atoms with van der Waals surface area (Å²) < 4.78 is 40.5. The van der Waals surface area contributed by atoms with Crippen molar-refractivity contribution in [3.8, 4) is 0 Å². The van der Waals surface area contributed by atoms with Crippen LogP contribution in [-0.4, -0.2) is 0 Å². The summed E-state index contributed by atoms with van der Waals surface area (Å²) in [6, 6.07) is 11.3. The molecule has 0 amide bonds. The molecule has 0 saturated carbocycles. The lowest BCUT2D eigenvalue weighted by atomic mass is 10.1. The summed E-state index contributed by atoms with van der Waals surface area (Å²) in [5, 5.41) is 2.93. The third kappa shape index (κ3) is 4.01. The number of anilines is 1. The Morgan fingerprint density at radius 3 is 2.33 bits per heavy atom. The van der Waals surface area contributed by atoms with Crippen molar-refractivity contribution in [3.05, 3.63) is 62.5 Å². The lowest BCUT2D eigenvalue weighted by molar-refractivity contribution is -0.137. The van der Waals surface area contributed by atoms with Crippen LogP contribution >= 0.6 is 31.9 Å². The van der Waals surface area contributed by atoms with Crippen molar-refractivity contribution in [2.45, 2.75) is 19.1 Å². The summed E-state index contributed by atoms with van der Waals surface area (Å²) in [5.74, 6) is 0. The zero-order valence-electron chi connectivity index (χ0n) is 11.0. The van der Waals surface area contributed by atoms with E-state index in [-0.39, 0.29) is 11.7 Å². The Bertz CT molecular complexity index is 641. The number of halogens is 5. The summed E-state index contributed by atoms with van der Waals surface area (Å²) in [6.07, 6.45) is -4.40. The number of rotatable bonds is 3. The molecule has 0 spiro atoms. The third-order valence-electron chi connectivity index (χ3n) is 3.03. The quantitative estimate of drug-likeness (QED) is 0.603. The van der Waals surface area contributed by atoms with Crippen molar-refractivity contribution >= 4 is 37.5 Å². The second-order valence-electron chi connectivity index (χ2n) is 4.58. The van der Waals surface area contributed by atoms with Gasteiger partial charge in [0.15, 0.2) is 0 Å². The van der Waals surface area contributed by atoms with E-state index >= 15 is 0 Å². The van der Waals surface area contributed by atoms with Gasteiger partial charge in [-0.2, -0.15) is 13.2 Å². The molecule has 0 fully saturated rings. The van der Waals surface area contributed by atoms with Gasteiger partial charge < -0.3 is 5.32 Å². The molecular weight excluding hydrogens is 411 g/mol. The molecule has 0 aliphatic rings. The number of hydrogen-bond acceptors (Lipinski definition) is 1. The smallest absolute Gasteiger partial charge is 0.378 e. The molecule has 112 valence electrons. The van der Waals surface area contributed by atoms with Gasteiger partial charge in [0.05, 0.1) is 5.56 Å². The molecule has 1 nitrogen and oxygen atoms in total. The fourth-order valence-electron chi connectivity index (χ4n) is 2.01. The molecule has 1 atom stereocenters. The highest BCUT2D eigenvalue weighted by atomic mass is 79.9. The monoisotopic (exact) mass is 421 g/mol. The van der Waals surface area contributed by atoms with Crippen molar-refractivity contribution in [2.24, 2.45) is 0 Å². The molecular formula is C15H12Br2F3N. The van der Waals surface area contributed by atoms with Gasteiger partial charge in [-0.1, -0.05) is 50.1 Å². The van der Waals surface area contributed by atoms with E-state index < -0.39 is 11.7 Å². The molecule has 1 N–H and O–H groups in total. The Hall–Kier alpha value is -1.01. The van der Waals surface area contributed by atoms with E-state index in [1.54, 1.807) is 6.07 Å². The largest absolute Gasteiger partial charge is 0.418 e. The van der Waals surface area contributed by atoms with E-state index in [0.717, 1.165) is 16.1 Å². The third-order valence-corrected chi connectivity index (χ3v) is 4.25. The average Bonchev–Trinajstić information content (AvgIpc) is 2.40. The minimum Gasteiger partial charge on any atom is -0.378 e. The Labute approximate surface area is 137 Å². The van der Waals surface area contributed by atoms with E-state index in [9.17, 15) is 13.2 Å². The Morgan fingerprint density at radius 2 is 1.71 bits per heavy atom. The zero-order chi connectivity index (χ0) is 15.6. The van der Waals surface area contributed by atoms with E-state index in [0.29, 0.717) is 4.47 Å². The van der Waals surface area contributed by atoms with Crippen LogP contribution in [0.4, 0.5) is 18.9 Å². The van der Waals surface area contributed by atoms with Gasteiger partial charge in [0.1, 0.15) is 0 Å². The molecule has 2 aromatic rings. The standard InChI is InChI=1S/C15H12Br2F3N/c1-9(11-4-2-3-5-13(11)17)21-14-7-6-10(16)8-12(14)15(18,19)20/h2-9,21H,1H3. The molecule has 21 heavy (non-hydrogen) atoms. The number of hydrogen-bond donors (Lipinski definition) is 1. The minimum absolute atomic E-state index is 0.0638. The topological polar surface area (TPSA) is 12.0 Å². The lowest BCUT2D eigenvalue weighted by Crippen LogP contribution is -2.13. The highest BCUT2D eigenvalue weighted by Crippen LogP contribution is 2.38. The normalized spacial score (nSPS) is 13.0. The SMILES string of the molecule is CC(Nc1ccc(Br)cc1C(F)(F)F)c1ccccc1Br. The van der Waals surface area contributed by atoms with Gasteiger partial charge in [0.2, 0.25) is 0 Å². The summed E-state index contributed by atoms with van der Waals surface area (Å²) in [4.78, 5) is 0. The number of benzene rings is 2. The predicted octanol–water partition coefficient (Wildman–Crippen LogP) is 6.40. The van der Waals surface area contributed by atoms with Gasteiger partial charge >= 0.3 is 6.18 Å². The second kappa shape index (κ2) is 6.40. The Morgan fingerprint density at radius 1 is 1.05 bits per heavy atom. The van der Waals surface area contributed by atoms with Crippen LogP contribution in [0.2, 0.25) is 0 Å².